The van der Waals surface area contributed by atoms with Crippen molar-refractivity contribution in [3.63, 3.8) is 0 Å². The van der Waals surface area contributed by atoms with Crippen LogP contribution in [0.15, 0.2) is 0 Å². The maximum absolute atomic E-state index is 12.3. The molecule has 0 aliphatic rings. The molecule has 0 bridgehead atoms. The predicted molar refractivity (Wildman–Crippen MR) is 67.9 cm³/mol. The molecule has 0 saturated heterocycles. The Balaban J connectivity index is 4.36. The van der Waals surface area contributed by atoms with E-state index in [2.05, 4.69) is 18.7 Å². The van der Waals surface area contributed by atoms with Crippen LogP contribution >= 0.6 is 7.60 Å². The molecule has 0 aromatic carbocycles. The van der Waals surface area contributed by atoms with Gasteiger partial charge >= 0.3 is 7.60 Å². The highest BCUT2D eigenvalue weighted by atomic mass is 31.2. The summed E-state index contributed by atoms with van der Waals surface area (Å²) >= 11 is 0. The largest absolute Gasteiger partial charge is 0.344 e. The van der Waals surface area contributed by atoms with Crippen LogP contribution in [0, 0.1) is 0 Å². The number of hydrogen-bond acceptors (Lipinski definition) is 4. The van der Waals surface area contributed by atoms with Crippen molar-refractivity contribution < 1.29 is 13.6 Å². The number of nitrogens with zero attached hydrogens (tertiary/aromatic N) is 1. The summed E-state index contributed by atoms with van der Waals surface area (Å²) in [5.74, 6) is 0. The van der Waals surface area contributed by atoms with Gasteiger partial charge in [0.25, 0.3) is 0 Å². The van der Waals surface area contributed by atoms with E-state index in [0.717, 1.165) is 25.9 Å². The van der Waals surface area contributed by atoms with Crippen LogP contribution in [0.1, 0.15) is 40.5 Å². The van der Waals surface area contributed by atoms with Crippen molar-refractivity contribution in [3.05, 3.63) is 0 Å². The van der Waals surface area contributed by atoms with Crippen molar-refractivity contribution in [3.8, 4) is 0 Å². The van der Waals surface area contributed by atoms with Crippen molar-refractivity contribution in [2.45, 2.75) is 40.5 Å². The zero-order chi connectivity index (χ0) is 12.4. The Morgan fingerprint density at radius 2 is 1.38 bits per heavy atom. The van der Waals surface area contributed by atoms with Crippen LogP contribution in [0.2, 0.25) is 0 Å². The summed E-state index contributed by atoms with van der Waals surface area (Å²) in [5, 5.41) is 0. The fourth-order valence-electron chi connectivity index (χ4n) is 1.64. The Labute approximate surface area is 99.8 Å². The van der Waals surface area contributed by atoms with E-state index in [9.17, 15) is 4.57 Å². The molecular weight excluding hydrogens is 225 g/mol. The van der Waals surface area contributed by atoms with Crippen molar-refractivity contribution in [1.82, 2.24) is 4.90 Å². The van der Waals surface area contributed by atoms with Gasteiger partial charge in [-0.1, -0.05) is 13.8 Å². The Kier molecular flexibility index (Phi) is 9.24. The van der Waals surface area contributed by atoms with E-state index in [1.165, 1.54) is 0 Å². The first-order valence-electron chi connectivity index (χ1n) is 6.22. The molecule has 0 amide bonds. The van der Waals surface area contributed by atoms with Gasteiger partial charge in [0, 0.05) is 0 Å². The topological polar surface area (TPSA) is 38.8 Å². The lowest BCUT2D eigenvalue weighted by Gasteiger charge is -2.26. The smallest absolute Gasteiger partial charge is 0.308 e. The standard InChI is InChI=1S/C11H26NO3P/c1-5-9-12(10-6-2)11-16(13,14-7-3)15-8-4/h5-11H2,1-4H3. The normalized spacial score (nSPS) is 12.3. The van der Waals surface area contributed by atoms with Crippen LogP contribution in [0.4, 0.5) is 0 Å². The van der Waals surface area contributed by atoms with Gasteiger partial charge in [0.2, 0.25) is 0 Å². The zero-order valence-electron chi connectivity index (χ0n) is 11.1. The van der Waals surface area contributed by atoms with Crippen LogP contribution in [0.3, 0.4) is 0 Å². The highest BCUT2D eigenvalue weighted by molar-refractivity contribution is 7.53. The Morgan fingerprint density at radius 1 is 0.938 bits per heavy atom. The fraction of sp³-hybridized carbons (Fsp3) is 1.00. The first-order valence-corrected chi connectivity index (χ1v) is 7.95. The van der Waals surface area contributed by atoms with Crippen LogP contribution in [-0.2, 0) is 13.6 Å². The minimum absolute atomic E-state index is 0.413. The summed E-state index contributed by atoms with van der Waals surface area (Å²) in [4.78, 5) is 2.16. The second-order valence-corrected chi connectivity index (χ2v) is 5.73. The number of hydrogen-bond donors (Lipinski definition) is 0. The second-order valence-electron chi connectivity index (χ2n) is 3.71. The van der Waals surface area contributed by atoms with Crippen LogP contribution in [-0.4, -0.2) is 37.5 Å². The molecule has 0 aromatic heterocycles. The summed E-state index contributed by atoms with van der Waals surface area (Å²) in [6.07, 6.45) is 2.52. The fourth-order valence-corrected chi connectivity index (χ4v) is 3.44. The second kappa shape index (κ2) is 9.17. The third-order valence-electron chi connectivity index (χ3n) is 2.10. The summed E-state index contributed by atoms with van der Waals surface area (Å²) in [5.41, 5.74) is 0. The summed E-state index contributed by atoms with van der Waals surface area (Å²) in [6.45, 7) is 10.7. The maximum atomic E-state index is 12.3. The molecular formula is C11H26NO3P. The lowest BCUT2D eigenvalue weighted by molar-refractivity contribution is 0.195. The highest BCUT2D eigenvalue weighted by Gasteiger charge is 2.26. The van der Waals surface area contributed by atoms with Crippen LogP contribution in [0.5, 0.6) is 0 Å². The third-order valence-corrected chi connectivity index (χ3v) is 4.15. The molecule has 5 heteroatoms. The molecule has 0 radical (unpaired) electrons. The molecule has 0 rings (SSSR count). The summed E-state index contributed by atoms with van der Waals surface area (Å²) < 4.78 is 22.9. The Bertz CT molecular complexity index is 195. The average Bonchev–Trinajstić information content (AvgIpc) is 2.18. The molecule has 0 aliphatic carbocycles. The van der Waals surface area contributed by atoms with Gasteiger partial charge in [-0.15, -0.1) is 0 Å². The third kappa shape index (κ3) is 6.64. The van der Waals surface area contributed by atoms with E-state index in [1.54, 1.807) is 0 Å². The summed E-state index contributed by atoms with van der Waals surface area (Å²) in [6, 6.07) is 0. The lowest BCUT2D eigenvalue weighted by atomic mass is 10.4. The number of rotatable bonds is 10. The quantitative estimate of drug-likeness (QED) is 0.558. The minimum atomic E-state index is -2.91. The van der Waals surface area contributed by atoms with Crippen molar-refractivity contribution in [1.29, 1.82) is 0 Å². The molecule has 0 spiro atoms. The van der Waals surface area contributed by atoms with E-state index < -0.39 is 7.60 Å². The SMILES string of the molecule is CCCN(CCC)CP(=O)(OCC)OCC. The zero-order valence-corrected chi connectivity index (χ0v) is 12.0. The van der Waals surface area contributed by atoms with Gasteiger partial charge in [0.05, 0.1) is 13.2 Å². The molecule has 0 fully saturated rings. The van der Waals surface area contributed by atoms with Crippen molar-refractivity contribution >= 4 is 7.60 Å². The Hall–Kier alpha value is 0.110. The average molecular weight is 251 g/mol. The van der Waals surface area contributed by atoms with Crippen LogP contribution in [0.25, 0.3) is 0 Å². The van der Waals surface area contributed by atoms with Crippen molar-refractivity contribution in [2.24, 2.45) is 0 Å². The van der Waals surface area contributed by atoms with E-state index in [1.807, 2.05) is 13.8 Å². The first-order chi connectivity index (χ1) is 7.61. The van der Waals surface area contributed by atoms with E-state index in [4.69, 9.17) is 9.05 Å². The van der Waals surface area contributed by atoms with E-state index in [-0.39, 0.29) is 0 Å². The Morgan fingerprint density at radius 3 is 1.69 bits per heavy atom. The molecule has 16 heavy (non-hydrogen) atoms. The molecule has 0 aromatic rings. The van der Waals surface area contributed by atoms with Gasteiger partial charge in [-0.3, -0.25) is 9.46 Å². The summed E-state index contributed by atoms with van der Waals surface area (Å²) in [7, 11) is -2.91. The van der Waals surface area contributed by atoms with Gasteiger partial charge in [0.15, 0.2) is 0 Å². The van der Waals surface area contributed by atoms with Gasteiger partial charge in [-0.25, -0.2) is 0 Å². The van der Waals surface area contributed by atoms with Gasteiger partial charge in [-0.2, -0.15) is 0 Å². The first kappa shape index (κ1) is 16.1. The monoisotopic (exact) mass is 251 g/mol. The molecule has 0 N–H and O–H groups in total. The highest BCUT2D eigenvalue weighted by Crippen LogP contribution is 2.48. The molecule has 4 nitrogen and oxygen atoms in total. The van der Waals surface area contributed by atoms with Gasteiger partial charge < -0.3 is 9.05 Å². The molecule has 0 unspecified atom stereocenters. The van der Waals surface area contributed by atoms with E-state index >= 15 is 0 Å². The molecule has 0 heterocycles. The maximum Gasteiger partial charge on any atom is 0.344 e. The van der Waals surface area contributed by atoms with Crippen molar-refractivity contribution in [2.75, 3.05) is 32.6 Å². The molecule has 0 aliphatic heterocycles. The molecule has 98 valence electrons. The molecule has 0 saturated carbocycles. The molecule has 0 atom stereocenters. The van der Waals surface area contributed by atoms with Gasteiger partial charge in [-0.05, 0) is 39.8 Å². The lowest BCUT2D eigenvalue weighted by Crippen LogP contribution is -2.27. The van der Waals surface area contributed by atoms with E-state index in [0.29, 0.717) is 19.5 Å². The van der Waals surface area contributed by atoms with Gasteiger partial charge in [0.1, 0.15) is 6.29 Å². The minimum Gasteiger partial charge on any atom is -0.308 e. The van der Waals surface area contributed by atoms with Crippen LogP contribution < -0.4 is 0 Å². The predicted octanol–water partition coefficient (Wildman–Crippen LogP) is 3.33.